The Morgan fingerprint density at radius 3 is 2.22 bits per heavy atom. The Hall–Kier alpha value is -7.18. The minimum Gasteiger partial charge on any atom is -0.494 e. The van der Waals surface area contributed by atoms with E-state index in [2.05, 4.69) is 51.7 Å². The molecule has 4 fully saturated rings. The van der Waals surface area contributed by atoms with Gasteiger partial charge in [0.05, 0.1) is 42.0 Å². The van der Waals surface area contributed by atoms with E-state index in [9.17, 15) is 28.1 Å². The largest absolute Gasteiger partial charge is 0.494 e. The number of carbonyl (C=O) groups is 4. The molecule has 3 N–H and O–H groups in total. The van der Waals surface area contributed by atoms with E-state index >= 15 is 0 Å². The quantitative estimate of drug-likeness (QED) is 0.0703. The van der Waals surface area contributed by atoms with Crippen molar-refractivity contribution in [3.63, 3.8) is 0 Å². The molecular weight excluding hydrogens is 1030 g/mol. The van der Waals surface area contributed by atoms with Crippen molar-refractivity contribution in [3.05, 3.63) is 113 Å². The first-order chi connectivity index (χ1) is 37.6. The Morgan fingerprint density at radius 1 is 0.769 bits per heavy atom. The van der Waals surface area contributed by atoms with Crippen LogP contribution in [0.15, 0.2) is 91.4 Å². The molecule has 4 aromatic carbocycles. The number of piperazine rings is 1. The van der Waals surface area contributed by atoms with E-state index in [0.717, 1.165) is 112 Å². The predicted octanol–water partition coefficient (Wildman–Crippen LogP) is 7.98. The van der Waals surface area contributed by atoms with Gasteiger partial charge < -0.3 is 34.6 Å². The molecule has 0 bridgehead atoms. The third kappa shape index (κ3) is 10.8. The minimum atomic E-state index is -2.88. The number of ether oxygens (including phenoxy) is 1. The number of amides is 4. The summed E-state index contributed by atoms with van der Waals surface area (Å²) in [7, 11) is 0.670. The molecule has 5 aliphatic rings. The topological polar surface area (TPSA) is 190 Å². The number of benzene rings is 4. The second-order valence-corrected chi connectivity index (χ2v) is 24.9. The number of hydrogen-bond donors (Lipinski definition) is 3. The number of methoxy groups -OCH3 is 1. The standard InChI is InChI=1S/C57H63ClFN12O6P/c1-66-34-37(31-61-66)42-29-47(63-57-60-32-44(58)53(65-57)62-46-12-9-36(27-51(46)78(3,4)76)40-7-5-6-8-45(40)59)50(77-2)30-49(42)70-21-17-38(18-22-70)69-25-23-67(24-26-69)33-35-15-19-68(20-16-35)39-10-11-41-43(28-39)56(75)71(55(41)74)48-13-14-52(72)64-54(48)73/h5-12,27-32,34-35,38,48H,13-26,33H2,1-4H3,(H,64,72,73)(H2,60,62,63,65). The third-order valence-electron chi connectivity index (χ3n) is 16.0. The van der Waals surface area contributed by atoms with E-state index in [1.165, 1.54) is 12.3 Å². The van der Waals surface area contributed by atoms with Crippen molar-refractivity contribution in [3.8, 4) is 28.0 Å². The fourth-order valence-corrected chi connectivity index (χ4v) is 13.1. The maximum absolute atomic E-state index is 14.8. The molecule has 7 heterocycles. The number of piperidine rings is 3. The molecule has 0 aliphatic carbocycles. The zero-order valence-corrected chi connectivity index (χ0v) is 45.8. The van der Waals surface area contributed by atoms with Crippen LogP contribution in [0.25, 0.3) is 22.3 Å². The number of imide groups is 2. The number of anilines is 6. The van der Waals surface area contributed by atoms with Crippen LogP contribution in [0.1, 0.15) is 59.2 Å². The summed E-state index contributed by atoms with van der Waals surface area (Å²) in [5.41, 5.74) is 6.70. The fourth-order valence-electron chi connectivity index (χ4n) is 11.8. The van der Waals surface area contributed by atoms with Gasteiger partial charge in [0.2, 0.25) is 17.8 Å². The van der Waals surface area contributed by atoms with Crippen molar-refractivity contribution in [1.29, 1.82) is 0 Å². The SMILES string of the molecule is COc1cc(N2CCC(N3CCN(CC4CCN(c5ccc6c(c5)C(=O)N(C5CCC(=O)NC5=O)C6=O)CC4)CC3)CC2)c(-c2cnn(C)c2)cc1Nc1ncc(Cl)c(Nc2ccc(-c3ccccc3F)cc2P(C)(C)=O)n1. The van der Waals surface area contributed by atoms with Crippen molar-refractivity contribution >= 4 is 82.2 Å². The van der Waals surface area contributed by atoms with Gasteiger partial charge in [-0.25, -0.2) is 9.37 Å². The van der Waals surface area contributed by atoms with Crippen LogP contribution in [0.2, 0.25) is 5.02 Å². The normalized spacial score (nSPS) is 19.1. The fraction of sp³-hybridized carbons (Fsp3) is 0.386. The van der Waals surface area contributed by atoms with E-state index in [1.54, 1.807) is 73.7 Å². The summed E-state index contributed by atoms with van der Waals surface area (Å²) >= 11 is 6.69. The summed E-state index contributed by atoms with van der Waals surface area (Å²) in [6.45, 7) is 12.0. The molecule has 0 spiro atoms. The summed E-state index contributed by atoms with van der Waals surface area (Å²) < 4.78 is 36.3. The van der Waals surface area contributed by atoms with Gasteiger partial charge in [-0.15, -0.1) is 0 Å². The first kappa shape index (κ1) is 52.9. The lowest BCUT2D eigenvalue weighted by Gasteiger charge is -2.44. The third-order valence-corrected chi connectivity index (χ3v) is 17.8. The molecule has 1 unspecified atom stereocenters. The van der Waals surface area contributed by atoms with Gasteiger partial charge in [0.15, 0.2) is 5.82 Å². The van der Waals surface area contributed by atoms with Crippen LogP contribution < -0.4 is 35.8 Å². The lowest BCUT2D eigenvalue weighted by Crippen LogP contribution is -2.54. The second kappa shape index (κ2) is 21.9. The van der Waals surface area contributed by atoms with E-state index in [4.69, 9.17) is 21.3 Å². The lowest BCUT2D eigenvalue weighted by atomic mass is 9.95. The van der Waals surface area contributed by atoms with E-state index in [0.29, 0.717) is 62.5 Å². The van der Waals surface area contributed by atoms with E-state index in [1.807, 2.05) is 31.6 Å². The van der Waals surface area contributed by atoms with E-state index in [-0.39, 0.29) is 29.6 Å². The Balaban J connectivity index is 0.701. The first-order valence-corrected chi connectivity index (χ1v) is 29.6. The van der Waals surface area contributed by atoms with Crippen LogP contribution >= 0.6 is 18.7 Å². The van der Waals surface area contributed by atoms with Gasteiger partial charge >= 0.3 is 0 Å². The molecule has 0 saturated carbocycles. The van der Waals surface area contributed by atoms with Crippen molar-refractivity contribution in [2.24, 2.45) is 13.0 Å². The number of fused-ring (bicyclic) bond motifs is 1. The lowest BCUT2D eigenvalue weighted by molar-refractivity contribution is -0.136. The molecule has 2 aromatic heterocycles. The second-order valence-electron chi connectivity index (χ2n) is 21.3. The number of nitrogens with one attached hydrogen (secondary N) is 3. The molecule has 4 saturated heterocycles. The Labute approximate surface area is 457 Å². The summed E-state index contributed by atoms with van der Waals surface area (Å²) in [6, 6.07) is 20.8. The van der Waals surface area contributed by atoms with Gasteiger partial charge in [0.25, 0.3) is 11.8 Å². The van der Waals surface area contributed by atoms with Gasteiger partial charge in [-0.1, -0.05) is 35.9 Å². The van der Waals surface area contributed by atoms with Crippen LogP contribution in [0.4, 0.5) is 38.9 Å². The van der Waals surface area contributed by atoms with Crippen LogP contribution in [0.5, 0.6) is 5.75 Å². The smallest absolute Gasteiger partial charge is 0.262 e. The average Bonchev–Trinajstić information content (AvgIpc) is 4.07. The zero-order chi connectivity index (χ0) is 54.4. The molecule has 1 atom stereocenters. The van der Waals surface area contributed by atoms with Gasteiger partial charge in [-0.05, 0) is 99.4 Å². The van der Waals surface area contributed by atoms with Crippen LogP contribution in [-0.4, -0.2) is 150 Å². The monoisotopic (exact) mass is 1100 g/mol. The molecule has 11 rings (SSSR count). The van der Waals surface area contributed by atoms with Gasteiger partial charge in [0.1, 0.15) is 29.8 Å². The number of aromatic nitrogens is 4. The van der Waals surface area contributed by atoms with Crippen LogP contribution in [-0.2, 0) is 21.2 Å². The molecular formula is C57H63ClFN12O6P. The van der Waals surface area contributed by atoms with Gasteiger partial charge in [-0.3, -0.25) is 39.0 Å². The molecule has 0 radical (unpaired) electrons. The molecule has 4 amide bonds. The highest BCUT2D eigenvalue weighted by Gasteiger charge is 2.45. The number of carbonyl (C=O) groups excluding carboxylic acids is 4. The van der Waals surface area contributed by atoms with Crippen LogP contribution in [0.3, 0.4) is 0 Å². The highest BCUT2D eigenvalue weighted by molar-refractivity contribution is 7.70. The Bertz CT molecular complexity index is 3370. The molecule has 78 heavy (non-hydrogen) atoms. The molecule has 406 valence electrons. The summed E-state index contributed by atoms with van der Waals surface area (Å²) in [6.07, 6.45) is 9.70. The zero-order valence-electron chi connectivity index (χ0n) is 44.2. The molecule has 21 heteroatoms. The number of rotatable bonds is 14. The van der Waals surface area contributed by atoms with Crippen molar-refractivity contribution in [2.75, 3.05) is 99.8 Å². The molecule has 6 aromatic rings. The minimum absolute atomic E-state index is 0.0879. The summed E-state index contributed by atoms with van der Waals surface area (Å²) in [5.74, 6) is -0.609. The number of nitrogens with zero attached hydrogens (tertiary/aromatic N) is 9. The van der Waals surface area contributed by atoms with Crippen molar-refractivity contribution < 1.29 is 32.9 Å². The highest BCUT2D eigenvalue weighted by atomic mass is 35.5. The summed E-state index contributed by atoms with van der Waals surface area (Å²) in [4.78, 5) is 71.3. The average molecular weight is 1100 g/mol. The van der Waals surface area contributed by atoms with Crippen molar-refractivity contribution in [2.45, 2.75) is 50.6 Å². The molecule has 5 aliphatic heterocycles. The number of aryl methyl sites for hydroxylation is 1. The first-order valence-electron chi connectivity index (χ1n) is 26.6. The van der Waals surface area contributed by atoms with Gasteiger partial charge in [0, 0.05) is 124 Å². The Kier molecular flexibility index (Phi) is 14.9. The predicted molar refractivity (Wildman–Crippen MR) is 301 cm³/mol. The Morgan fingerprint density at radius 2 is 1.51 bits per heavy atom. The maximum Gasteiger partial charge on any atom is 0.262 e. The highest BCUT2D eigenvalue weighted by Crippen LogP contribution is 2.44. The summed E-state index contributed by atoms with van der Waals surface area (Å²) in [5, 5.41) is 14.2. The molecule has 18 nitrogen and oxygen atoms in total. The number of hydrogen-bond acceptors (Lipinski definition) is 15. The van der Waals surface area contributed by atoms with E-state index < -0.39 is 36.8 Å². The van der Waals surface area contributed by atoms with Crippen molar-refractivity contribution in [1.82, 2.24) is 39.8 Å². The maximum atomic E-state index is 14.8. The number of halogens is 2. The van der Waals surface area contributed by atoms with Gasteiger partial charge in [-0.2, -0.15) is 10.1 Å². The van der Waals surface area contributed by atoms with Crippen LogP contribution in [0, 0.1) is 11.7 Å².